The molecule has 3 rings (SSSR count). The number of ether oxygens (including phenoxy) is 1. The van der Waals surface area contributed by atoms with Gasteiger partial charge in [0, 0.05) is 28.8 Å². The summed E-state index contributed by atoms with van der Waals surface area (Å²) in [5.41, 5.74) is -0.257. The van der Waals surface area contributed by atoms with Crippen LogP contribution in [-0.2, 0) is 6.18 Å². The summed E-state index contributed by atoms with van der Waals surface area (Å²) in [5, 5.41) is 5.46. The van der Waals surface area contributed by atoms with Gasteiger partial charge in [-0.15, -0.1) is 13.2 Å². The Morgan fingerprint density at radius 1 is 0.935 bits per heavy atom. The molecular weight excluding hydrogens is 494 g/mol. The van der Waals surface area contributed by atoms with E-state index in [1.165, 1.54) is 37.4 Å². The average Bonchev–Trinajstić information content (AvgIpc) is 2.67. The first-order chi connectivity index (χ1) is 14.4. The number of rotatable bonds is 5. The highest BCUT2D eigenvalue weighted by Gasteiger charge is 2.33. The van der Waals surface area contributed by atoms with Crippen molar-refractivity contribution < 1.29 is 31.1 Å². The van der Waals surface area contributed by atoms with Crippen LogP contribution in [0.15, 0.2) is 53.0 Å². The quantitative estimate of drug-likeness (QED) is 0.381. The van der Waals surface area contributed by atoms with Crippen molar-refractivity contribution in [2.45, 2.75) is 12.5 Å². The highest BCUT2D eigenvalue weighted by atomic mass is 79.9. The zero-order valence-corrected chi connectivity index (χ0v) is 17.2. The molecule has 12 heteroatoms. The lowest BCUT2D eigenvalue weighted by Gasteiger charge is -2.14. The molecule has 0 aliphatic rings. The van der Waals surface area contributed by atoms with E-state index in [0.29, 0.717) is 0 Å². The maximum Gasteiger partial charge on any atom is 0.573 e. The molecule has 0 spiro atoms. The van der Waals surface area contributed by atoms with Crippen LogP contribution in [0.25, 0.3) is 11.3 Å². The molecule has 0 atom stereocenters. The van der Waals surface area contributed by atoms with Crippen molar-refractivity contribution in [1.82, 2.24) is 9.97 Å². The van der Waals surface area contributed by atoms with Crippen molar-refractivity contribution in [3.05, 3.63) is 58.6 Å². The van der Waals surface area contributed by atoms with Crippen molar-refractivity contribution >= 4 is 33.4 Å². The molecule has 5 nitrogen and oxygen atoms in total. The van der Waals surface area contributed by atoms with Crippen LogP contribution in [0.2, 0.25) is 0 Å². The van der Waals surface area contributed by atoms with Gasteiger partial charge in [0.1, 0.15) is 11.6 Å². The molecule has 0 radical (unpaired) electrons. The molecule has 0 aliphatic heterocycles. The first-order valence-electron chi connectivity index (χ1n) is 8.51. The van der Waals surface area contributed by atoms with Gasteiger partial charge in [-0.05, 0) is 30.3 Å². The predicted molar refractivity (Wildman–Crippen MR) is 106 cm³/mol. The molecule has 1 aromatic heterocycles. The number of nitrogens with one attached hydrogen (secondary N) is 2. The Bertz CT molecular complexity index is 1090. The smallest absolute Gasteiger partial charge is 0.406 e. The third-order valence-corrected chi connectivity index (χ3v) is 4.55. The second-order valence-corrected chi connectivity index (χ2v) is 6.96. The van der Waals surface area contributed by atoms with Gasteiger partial charge in [0.15, 0.2) is 0 Å². The van der Waals surface area contributed by atoms with E-state index in [0.717, 1.165) is 18.2 Å². The lowest BCUT2D eigenvalue weighted by Crippen LogP contribution is -2.17. The third-order valence-electron chi connectivity index (χ3n) is 3.86. The fraction of sp³-hybridized carbons (Fsp3) is 0.158. The highest BCUT2D eigenvalue weighted by Crippen LogP contribution is 2.37. The Morgan fingerprint density at radius 2 is 1.68 bits per heavy atom. The van der Waals surface area contributed by atoms with E-state index < -0.39 is 23.9 Å². The average molecular weight is 507 g/mol. The van der Waals surface area contributed by atoms with E-state index in [1.807, 2.05) is 0 Å². The molecule has 0 saturated heterocycles. The summed E-state index contributed by atoms with van der Waals surface area (Å²) in [6, 6.07) is 10.1. The molecule has 3 aromatic rings. The maximum atomic E-state index is 13.1. The molecule has 0 unspecified atom stereocenters. The summed E-state index contributed by atoms with van der Waals surface area (Å²) in [4.78, 5) is 8.32. The number of halogens is 7. The zero-order chi connectivity index (χ0) is 22.8. The van der Waals surface area contributed by atoms with Gasteiger partial charge in [0.2, 0.25) is 5.95 Å². The number of alkyl halides is 6. The predicted octanol–water partition coefficient (Wildman–Crippen LogP) is 6.61. The Balaban J connectivity index is 1.96. The lowest BCUT2D eigenvalue weighted by molar-refractivity contribution is -0.274. The number of aromatic nitrogens is 2. The van der Waals surface area contributed by atoms with E-state index in [4.69, 9.17) is 0 Å². The topological polar surface area (TPSA) is 59.1 Å². The van der Waals surface area contributed by atoms with Crippen LogP contribution < -0.4 is 15.4 Å². The summed E-state index contributed by atoms with van der Waals surface area (Å²) in [6.07, 6.45) is -9.42. The normalized spacial score (nSPS) is 11.9. The van der Waals surface area contributed by atoms with Crippen LogP contribution in [0, 0.1) is 0 Å². The zero-order valence-electron chi connectivity index (χ0n) is 15.6. The van der Waals surface area contributed by atoms with Crippen LogP contribution in [0.5, 0.6) is 5.75 Å². The van der Waals surface area contributed by atoms with Crippen molar-refractivity contribution in [3.63, 3.8) is 0 Å². The van der Waals surface area contributed by atoms with Gasteiger partial charge in [-0.25, -0.2) is 4.98 Å². The molecular formula is C19H13BrF6N4O. The standard InChI is InChI=1S/C19H13BrF6N4O/c1-27-17-29-15(10-3-2-4-12(7-10)31-19(24,25)26)9-16(30-17)28-11-5-6-14(20)13(8-11)18(21,22)23/h2-9H,1H3,(H2,27,28,29,30). The van der Waals surface area contributed by atoms with E-state index in [1.54, 1.807) is 0 Å². The van der Waals surface area contributed by atoms with Crippen molar-refractivity contribution in [1.29, 1.82) is 0 Å². The van der Waals surface area contributed by atoms with Crippen LogP contribution >= 0.6 is 15.9 Å². The molecule has 0 amide bonds. The second kappa shape index (κ2) is 8.61. The Morgan fingerprint density at radius 3 is 2.32 bits per heavy atom. The number of anilines is 3. The minimum atomic E-state index is -4.86. The van der Waals surface area contributed by atoms with Gasteiger partial charge in [-0.2, -0.15) is 18.2 Å². The molecule has 31 heavy (non-hydrogen) atoms. The van der Waals surface area contributed by atoms with Gasteiger partial charge in [-0.1, -0.05) is 28.1 Å². The number of hydrogen-bond acceptors (Lipinski definition) is 5. The van der Waals surface area contributed by atoms with Crippen LogP contribution in [-0.4, -0.2) is 23.4 Å². The van der Waals surface area contributed by atoms with E-state index in [2.05, 4.69) is 41.3 Å². The Hall–Kier alpha value is -3.02. The van der Waals surface area contributed by atoms with E-state index >= 15 is 0 Å². The van der Waals surface area contributed by atoms with E-state index in [-0.39, 0.29) is 33.2 Å². The summed E-state index contributed by atoms with van der Waals surface area (Å²) in [7, 11) is 1.52. The first kappa shape index (κ1) is 22.7. The van der Waals surface area contributed by atoms with Crippen molar-refractivity contribution in [2.24, 2.45) is 0 Å². The van der Waals surface area contributed by atoms with E-state index in [9.17, 15) is 26.3 Å². The summed E-state index contributed by atoms with van der Waals surface area (Å²) in [6.45, 7) is 0. The van der Waals surface area contributed by atoms with Crippen molar-refractivity contribution in [3.8, 4) is 17.0 Å². The molecule has 1 heterocycles. The highest BCUT2D eigenvalue weighted by molar-refractivity contribution is 9.10. The fourth-order valence-electron chi connectivity index (χ4n) is 2.59. The molecule has 164 valence electrons. The van der Waals surface area contributed by atoms with Crippen molar-refractivity contribution in [2.75, 3.05) is 17.7 Å². The monoisotopic (exact) mass is 506 g/mol. The minimum absolute atomic E-state index is 0.107. The molecule has 0 saturated carbocycles. The van der Waals surface area contributed by atoms with Gasteiger partial charge in [-0.3, -0.25) is 0 Å². The number of hydrogen-bond donors (Lipinski definition) is 2. The maximum absolute atomic E-state index is 13.1. The number of benzene rings is 2. The van der Waals surface area contributed by atoms with Gasteiger partial charge >= 0.3 is 12.5 Å². The molecule has 2 aromatic carbocycles. The molecule has 0 bridgehead atoms. The Kier molecular flexibility index (Phi) is 6.30. The molecule has 2 N–H and O–H groups in total. The van der Waals surface area contributed by atoms with Crippen LogP contribution in [0.3, 0.4) is 0 Å². The SMILES string of the molecule is CNc1nc(Nc2ccc(Br)c(C(F)(F)F)c2)cc(-c2cccc(OC(F)(F)F)c2)n1. The van der Waals surface area contributed by atoms with Crippen LogP contribution in [0.4, 0.5) is 43.8 Å². The lowest BCUT2D eigenvalue weighted by atomic mass is 10.1. The summed E-state index contributed by atoms with van der Waals surface area (Å²) >= 11 is 2.87. The molecule has 0 fully saturated rings. The fourth-order valence-corrected chi connectivity index (χ4v) is 3.06. The number of nitrogens with zero attached hydrogens (tertiary/aromatic N) is 2. The molecule has 0 aliphatic carbocycles. The minimum Gasteiger partial charge on any atom is -0.406 e. The van der Waals surface area contributed by atoms with Gasteiger partial charge in [0.25, 0.3) is 0 Å². The second-order valence-electron chi connectivity index (χ2n) is 6.11. The largest absolute Gasteiger partial charge is 0.573 e. The van der Waals surface area contributed by atoms with Gasteiger partial charge in [0.05, 0.1) is 11.3 Å². The van der Waals surface area contributed by atoms with Crippen LogP contribution in [0.1, 0.15) is 5.56 Å². The first-order valence-corrected chi connectivity index (χ1v) is 9.31. The summed E-state index contributed by atoms with van der Waals surface area (Å²) in [5.74, 6) is -0.200. The Labute approximate surface area is 180 Å². The summed E-state index contributed by atoms with van der Waals surface area (Å²) < 4.78 is 80.7. The third kappa shape index (κ3) is 6.00. The van der Waals surface area contributed by atoms with Gasteiger partial charge < -0.3 is 15.4 Å².